The molecule has 9 rings (SSSR count). The van der Waals surface area contributed by atoms with Crippen LogP contribution in [0.3, 0.4) is 0 Å². The number of phenols is 3. The number of carbonyl (C=O) groups is 2. The third kappa shape index (κ3) is 4.07. The molecule has 6 N–H and O–H groups in total. The van der Waals surface area contributed by atoms with Crippen LogP contribution in [0.15, 0.2) is 42.5 Å². The zero-order valence-corrected chi connectivity index (χ0v) is 24.8. The highest BCUT2D eigenvalue weighted by atomic mass is 16.8. The minimum Gasteiger partial charge on any atom is -0.504 e. The van der Waals surface area contributed by atoms with Gasteiger partial charge in [0.1, 0.15) is 48.8 Å². The molecule has 4 aliphatic heterocycles. The van der Waals surface area contributed by atoms with E-state index in [1.807, 2.05) is 0 Å². The quantitative estimate of drug-likeness (QED) is 0.159. The lowest BCUT2D eigenvalue weighted by Crippen LogP contribution is -2.81. The van der Waals surface area contributed by atoms with Gasteiger partial charge in [0.05, 0.1) is 16.5 Å². The average Bonchev–Trinajstić information content (AvgIpc) is 3.25. The lowest BCUT2D eigenvalue weighted by molar-refractivity contribution is -0.427. The van der Waals surface area contributed by atoms with Gasteiger partial charge in [-0.3, -0.25) is 0 Å². The highest BCUT2D eigenvalue weighted by molar-refractivity contribution is 5.91. The first kappa shape index (κ1) is 31.1. The van der Waals surface area contributed by atoms with Crippen LogP contribution in [0.1, 0.15) is 40.5 Å². The molecule has 0 spiro atoms. The van der Waals surface area contributed by atoms with Crippen LogP contribution in [-0.4, -0.2) is 117 Å². The van der Waals surface area contributed by atoms with Crippen molar-refractivity contribution in [3.8, 4) is 17.2 Å². The molecule has 0 amide bonds. The molecule has 2 aromatic rings. The van der Waals surface area contributed by atoms with Crippen LogP contribution in [0.4, 0.5) is 0 Å². The summed E-state index contributed by atoms with van der Waals surface area (Å²) in [5.41, 5.74) is -3.40. The SMILES string of the molecule is COC12CC3(C)OC(O1)C1(COC(=O)c4ccccc4)C2CC31O[C@@H]1O[C@H](COC(=O)c2cc(O)c(O)c(O)c2)[C@@H](O)[C@H](O)[C@H]1O. The summed E-state index contributed by atoms with van der Waals surface area (Å²) in [4.78, 5) is 25.6. The molecule has 3 aliphatic carbocycles. The smallest absolute Gasteiger partial charge is 0.338 e. The van der Waals surface area contributed by atoms with Crippen molar-refractivity contribution in [2.24, 2.45) is 11.3 Å². The normalized spacial score (nSPS) is 41.6. The fraction of sp³-hybridized carbons (Fsp3) is 0.548. The first-order valence-electron chi connectivity index (χ1n) is 14.7. The second-order valence-electron chi connectivity index (χ2n) is 12.7. The van der Waals surface area contributed by atoms with Crippen molar-refractivity contribution in [3.63, 3.8) is 0 Å². The number of benzene rings is 2. The van der Waals surface area contributed by atoms with Gasteiger partial charge in [-0.1, -0.05) is 18.2 Å². The highest BCUT2D eigenvalue weighted by Crippen LogP contribution is 2.82. The number of phenolic OH excluding ortho intramolecular Hbond substituents is 3. The van der Waals surface area contributed by atoms with E-state index in [9.17, 15) is 40.2 Å². The number of hydrogen-bond acceptors (Lipinski definition) is 15. The number of methoxy groups -OCH3 is 1. The molecule has 3 saturated carbocycles. The van der Waals surface area contributed by atoms with Crippen molar-refractivity contribution in [2.75, 3.05) is 20.3 Å². The third-order valence-electron chi connectivity index (χ3n) is 10.4. The number of aromatic hydroxyl groups is 3. The van der Waals surface area contributed by atoms with E-state index in [1.54, 1.807) is 37.3 Å². The van der Waals surface area contributed by atoms with Gasteiger partial charge in [-0.15, -0.1) is 0 Å². The topological polar surface area (TPSA) is 220 Å². The molecule has 0 radical (unpaired) electrons. The molecule has 2 aromatic carbocycles. The summed E-state index contributed by atoms with van der Waals surface area (Å²) in [5, 5.41) is 61.5. The lowest BCUT2D eigenvalue weighted by Gasteiger charge is -2.68. The molecule has 4 saturated heterocycles. The van der Waals surface area contributed by atoms with Crippen LogP contribution in [0.25, 0.3) is 0 Å². The van der Waals surface area contributed by atoms with E-state index >= 15 is 0 Å². The van der Waals surface area contributed by atoms with Crippen molar-refractivity contribution in [1.29, 1.82) is 0 Å². The summed E-state index contributed by atoms with van der Waals surface area (Å²) in [7, 11) is 1.53. The Morgan fingerprint density at radius 1 is 0.913 bits per heavy atom. The number of aliphatic hydroxyl groups excluding tert-OH is 3. The third-order valence-corrected chi connectivity index (χ3v) is 10.4. The van der Waals surface area contributed by atoms with Crippen molar-refractivity contribution >= 4 is 11.9 Å². The van der Waals surface area contributed by atoms with Crippen LogP contribution in [0, 0.1) is 11.3 Å². The van der Waals surface area contributed by atoms with Crippen LogP contribution in [-0.2, 0) is 33.2 Å². The van der Waals surface area contributed by atoms with E-state index in [2.05, 4.69) is 0 Å². The van der Waals surface area contributed by atoms with Gasteiger partial charge < -0.3 is 63.8 Å². The maximum Gasteiger partial charge on any atom is 0.338 e. The monoisotopic (exact) mass is 646 g/mol. The molecule has 46 heavy (non-hydrogen) atoms. The zero-order valence-electron chi connectivity index (χ0n) is 24.8. The molecule has 248 valence electrons. The Bertz CT molecular complexity index is 1530. The van der Waals surface area contributed by atoms with Gasteiger partial charge in [0, 0.05) is 19.4 Å². The number of esters is 2. The molecule has 15 nitrogen and oxygen atoms in total. The molecular formula is C31H34O15. The van der Waals surface area contributed by atoms with Crippen LogP contribution < -0.4 is 0 Å². The lowest BCUT2D eigenvalue weighted by atomic mass is 9.41. The molecule has 7 aliphatic rings. The first-order chi connectivity index (χ1) is 21.8. The van der Waals surface area contributed by atoms with E-state index in [4.69, 9.17) is 33.2 Å². The Morgan fingerprint density at radius 2 is 1.59 bits per heavy atom. The van der Waals surface area contributed by atoms with Crippen molar-refractivity contribution < 1.29 is 73.4 Å². The Morgan fingerprint density at radius 3 is 2.26 bits per heavy atom. The summed E-state index contributed by atoms with van der Waals surface area (Å²) in [6.07, 6.45) is -8.56. The molecule has 7 fully saturated rings. The van der Waals surface area contributed by atoms with Gasteiger partial charge in [0.25, 0.3) is 0 Å². The Hall–Kier alpha value is -3.54. The maximum atomic E-state index is 13.0. The van der Waals surface area contributed by atoms with Gasteiger partial charge in [-0.2, -0.15) is 0 Å². The number of ether oxygens (including phenoxy) is 7. The summed E-state index contributed by atoms with van der Waals surface area (Å²) in [5.74, 6) is -5.33. The van der Waals surface area contributed by atoms with Crippen LogP contribution in [0.2, 0.25) is 0 Å². The van der Waals surface area contributed by atoms with Gasteiger partial charge >= 0.3 is 11.9 Å². The van der Waals surface area contributed by atoms with Crippen LogP contribution in [0.5, 0.6) is 17.2 Å². The van der Waals surface area contributed by atoms with E-state index in [0.717, 1.165) is 12.1 Å². The van der Waals surface area contributed by atoms with E-state index in [1.165, 1.54) is 7.11 Å². The number of hydrogen-bond donors (Lipinski definition) is 6. The fourth-order valence-electron chi connectivity index (χ4n) is 8.06. The maximum absolute atomic E-state index is 13.0. The number of carbonyl (C=O) groups excluding carboxylic acids is 2. The highest BCUT2D eigenvalue weighted by Gasteiger charge is 2.95. The standard InChI is InChI=1S/C31H34O15/c1-28-12-30(40-2)19-10-31(28,29(19,27(45-28)46-30)13-42-24(38)14-6-4-3-5-7-14)44-26-23(37)22(36)21(35)18(43-26)11-41-25(39)15-8-16(32)20(34)17(33)9-15/h3-9,18-19,21-23,26-27,32-37H,10-13H2,1-2H3/t18-,19?,21-,22+,23-,26+,27?,28?,29?,30?,31?/m1/s1. The summed E-state index contributed by atoms with van der Waals surface area (Å²) >= 11 is 0. The van der Waals surface area contributed by atoms with Crippen molar-refractivity contribution in [2.45, 2.75) is 73.8 Å². The molecule has 6 unspecified atom stereocenters. The van der Waals surface area contributed by atoms with Gasteiger partial charge in [-0.25, -0.2) is 9.59 Å². The average molecular weight is 647 g/mol. The Kier molecular flexibility index (Phi) is 7.08. The zero-order chi connectivity index (χ0) is 32.8. The predicted molar refractivity (Wildman–Crippen MR) is 148 cm³/mol. The summed E-state index contributed by atoms with van der Waals surface area (Å²) < 4.78 is 42.0. The molecule has 0 aromatic heterocycles. The molecule has 15 heteroatoms. The Balaban J connectivity index is 1.13. The number of aliphatic hydroxyl groups is 3. The predicted octanol–water partition coefficient (Wildman–Crippen LogP) is 0.278. The van der Waals surface area contributed by atoms with Gasteiger partial charge in [-0.05, 0) is 37.6 Å². The van der Waals surface area contributed by atoms with Crippen molar-refractivity contribution in [3.05, 3.63) is 53.6 Å². The first-order valence-corrected chi connectivity index (χ1v) is 14.7. The summed E-state index contributed by atoms with van der Waals surface area (Å²) in [6, 6.07) is 10.2. The number of rotatable bonds is 9. The largest absolute Gasteiger partial charge is 0.504 e. The minimum atomic E-state index is -1.78. The van der Waals surface area contributed by atoms with Gasteiger partial charge in [0.15, 0.2) is 35.6 Å². The minimum absolute atomic E-state index is 0.182. The van der Waals surface area contributed by atoms with Gasteiger partial charge in [0.2, 0.25) is 0 Å². The fourth-order valence-corrected chi connectivity index (χ4v) is 8.06. The molecule has 11 atom stereocenters. The van der Waals surface area contributed by atoms with E-state index < -0.39 is 95.2 Å². The van der Waals surface area contributed by atoms with E-state index in [-0.39, 0.29) is 24.5 Å². The van der Waals surface area contributed by atoms with E-state index in [0.29, 0.717) is 12.0 Å². The molecular weight excluding hydrogens is 612 g/mol. The second-order valence-corrected chi connectivity index (χ2v) is 12.7. The van der Waals surface area contributed by atoms with Crippen molar-refractivity contribution in [1.82, 2.24) is 0 Å². The Labute approximate surface area is 261 Å². The second kappa shape index (κ2) is 10.5. The summed E-state index contributed by atoms with van der Waals surface area (Å²) in [6.45, 7) is 0.987. The molecule has 4 heterocycles. The van der Waals surface area contributed by atoms with Crippen LogP contribution >= 0.6 is 0 Å². The molecule has 6 bridgehead atoms.